The number of amides is 1. The molecule has 0 aliphatic carbocycles. The Morgan fingerprint density at radius 3 is 2.57 bits per heavy atom. The summed E-state index contributed by atoms with van der Waals surface area (Å²) in [6.07, 6.45) is 4.74. The number of nitrogens with one attached hydrogen (secondary N) is 1. The van der Waals surface area contributed by atoms with Gasteiger partial charge in [0.1, 0.15) is 5.75 Å². The zero-order chi connectivity index (χ0) is 20.9. The minimum Gasteiger partial charge on any atom is -0.436 e. The Labute approximate surface area is 180 Å². The summed E-state index contributed by atoms with van der Waals surface area (Å²) in [5.74, 6) is 1.85. The van der Waals surface area contributed by atoms with Gasteiger partial charge in [0.25, 0.3) is 5.88 Å². The highest BCUT2D eigenvalue weighted by Crippen LogP contribution is 2.31. The van der Waals surface area contributed by atoms with E-state index in [9.17, 15) is 4.79 Å². The maximum atomic E-state index is 12.8. The number of hydrogen-bond donors (Lipinski definition) is 1. The fourth-order valence-electron chi connectivity index (χ4n) is 3.54. The Kier molecular flexibility index (Phi) is 6.14. The van der Waals surface area contributed by atoms with Gasteiger partial charge in [-0.3, -0.25) is 4.79 Å². The van der Waals surface area contributed by atoms with E-state index in [0.717, 1.165) is 24.1 Å². The van der Waals surface area contributed by atoms with Gasteiger partial charge < -0.3 is 15.0 Å². The van der Waals surface area contributed by atoms with Crippen LogP contribution >= 0.6 is 11.6 Å². The number of aromatic nitrogens is 2. The fraction of sp³-hybridized carbons (Fsp3) is 0.261. The SMILES string of the molecule is Cc1c(Cl)cccc1NC(=O)C1CCN(c2nccnc2Oc2ccccc2)CC1. The van der Waals surface area contributed by atoms with Crippen LogP contribution in [0.1, 0.15) is 18.4 Å². The van der Waals surface area contributed by atoms with E-state index in [4.69, 9.17) is 16.3 Å². The number of halogens is 1. The first-order valence-electron chi connectivity index (χ1n) is 9.96. The molecule has 2 heterocycles. The molecule has 0 bridgehead atoms. The van der Waals surface area contributed by atoms with Gasteiger partial charge in [0.05, 0.1) is 0 Å². The van der Waals surface area contributed by atoms with Gasteiger partial charge >= 0.3 is 0 Å². The monoisotopic (exact) mass is 422 g/mol. The molecule has 0 unspecified atom stereocenters. The lowest BCUT2D eigenvalue weighted by Crippen LogP contribution is -2.38. The van der Waals surface area contributed by atoms with E-state index in [1.165, 1.54) is 0 Å². The van der Waals surface area contributed by atoms with Crippen LogP contribution in [0.5, 0.6) is 11.6 Å². The first-order chi connectivity index (χ1) is 14.6. The van der Waals surface area contributed by atoms with Crippen molar-refractivity contribution in [1.29, 1.82) is 0 Å². The predicted molar refractivity (Wildman–Crippen MR) is 118 cm³/mol. The Morgan fingerprint density at radius 1 is 1.07 bits per heavy atom. The molecule has 3 aromatic rings. The van der Waals surface area contributed by atoms with E-state index in [1.807, 2.05) is 55.5 Å². The molecule has 0 radical (unpaired) electrons. The van der Waals surface area contributed by atoms with Crippen LogP contribution in [0.15, 0.2) is 60.9 Å². The number of nitrogens with zero attached hydrogens (tertiary/aromatic N) is 3. The van der Waals surface area contributed by atoms with Crippen LogP contribution < -0.4 is 15.0 Å². The summed E-state index contributed by atoms with van der Waals surface area (Å²) in [7, 11) is 0. The number of rotatable bonds is 5. The van der Waals surface area contributed by atoms with E-state index in [1.54, 1.807) is 12.4 Å². The van der Waals surface area contributed by atoms with Crippen molar-refractivity contribution in [2.24, 2.45) is 5.92 Å². The highest BCUT2D eigenvalue weighted by atomic mass is 35.5. The predicted octanol–water partition coefficient (Wildman–Crippen LogP) is 5.09. The van der Waals surface area contributed by atoms with Crippen LogP contribution in [0.4, 0.5) is 11.5 Å². The van der Waals surface area contributed by atoms with Crippen molar-refractivity contribution in [3.63, 3.8) is 0 Å². The average molecular weight is 423 g/mol. The number of ether oxygens (including phenoxy) is 1. The van der Waals surface area contributed by atoms with Gasteiger partial charge in [-0.2, -0.15) is 0 Å². The molecule has 0 spiro atoms. The fourth-order valence-corrected chi connectivity index (χ4v) is 3.71. The molecule has 1 amide bonds. The number of hydrogen-bond acceptors (Lipinski definition) is 5. The van der Waals surface area contributed by atoms with Crippen molar-refractivity contribution < 1.29 is 9.53 Å². The molecule has 7 heteroatoms. The molecule has 1 aliphatic heterocycles. The van der Waals surface area contributed by atoms with Gasteiger partial charge in [0.2, 0.25) is 5.91 Å². The van der Waals surface area contributed by atoms with Gasteiger partial charge in [0, 0.05) is 42.1 Å². The molecule has 6 nitrogen and oxygen atoms in total. The zero-order valence-corrected chi connectivity index (χ0v) is 17.5. The van der Waals surface area contributed by atoms with Crippen LogP contribution in [0.3, 0.4) is 0 Å². The van der Waals surface area contributed by atoms with Crippen LogP contribution in [0, 0.1) is 12.8 Å². The van der Waals surface area contributed by atoms with Gasteiger partial charge in [0.15, 0.2) is 5.82 Å². The lowest BCUT2D eigenvalue weighted by atomic mass is 9.95. The maximum absolute atomic E-state index is 12.8. The number of anilines is 2. The molecule has 1 aliphatic rings. The lowest BCUT2D eigenvalue weighted by molar-refractivity contribution is -0.120. The number of carbonyl (C=O) groups excluding carboxylic acids is 1. The molecule has 30 heavy (non-hydrogen) atoms. The Balaban J connectivity index is 1.40. The molecule has 0 atom stereocenters. The highest BCUT2D eigenvalue weighted by Gasteiger charge is 2.28. The largest absolute Gasteiger partial charge is 0.436 e. The van der Waals surface area contributed by atoms with Crippen molar-refractivity contribution in [3.8, 4) is 11.6 Å². The Bertz CT molecular complexity index is 1020. The molecule has 4 rings (SSSR count). The Morgan fingerprint density at radius 2 is 1.80 bits per heavy atom. The summed E-state index contributed by atoms with van der Waals surface area (Å²) in [4.78, 5) is 23.7. The summed E-state index contributed by atoms with van der Waals surface area (Å²) in [6.45, 7) is 3.32. The third-order valence-electron chi connectivity index (χ3n) is 5.30. The van der Waals surface area contributed by atoms with Crippen molar-refractivity contribution in [1.82, 2.24) is 9.97 Å². The normalized spacial score (nSPS) is 14.4. The summed E-state index contributed by atoms with van der Waals surface area (Å²) < 4.78 is 5.93. The number of piperidine rings is 1. The quantitative estimate of drug-likeness (QED) is 0.620. The maximum Gasteiger partial charge on any atom is 0.263 e. The summed E-state index contributed by atoms with van der Waals surface area (Å²) in [6, 6.07) is 15.1. The van der Waals surface area contributed by atoms with E-state index in [0.29, 0.717) is 35.6 Å². The standard InChI is InChI=1S/C23H23ClN4O2/c1-16-19(24)8-5-9-20(16)27-22(29)17-10-14-28(15-11-17)21-23(26-13-12-25-21)30-18-6-3-2-4-7-18/h2-9,12-13,17H,10-11,14-15H2,1H3,(H,27,29). The molecular formula is C23H23ClN4O2. The van der Waals surface area contributed by atoms with Gasteiger partial charge in [-0.1, -0.05) is 35.9 Å². The minimum atomic E-state index is -0.0604. The first-order valence-corrected chi connectivity index (χ1v) is 10.3. The topological polar surface area (TPSA) is 67.4 Å². The van der Waals surface area contributed by atoms with Gasteiger partial charge in [-0.25, -0.2) is 9.97 Å². The third-order valence-corrected chi connectivity index (χ3v) is 5.70. The third kappa shape index (κ3) is 4.54. The van der Waals surface area contributed by atoms with Crippen molar-refractivity contribution >= 4 is 29.0 Å². The molecule has 1 aromatic heterocycles. The van der Waals surface area contributed by atoms with E-state index >= 15 is 0 Å². The van der Waals surface area contributed by atoms with E-state index < -0.39 is 0 Å². The number of carbonyl (C=O) groups is 1. The Hall–Kier alpha value is -3.12. The van der Waals surface area contributed by atoms with Gasteiger partial charge in [-0.05, 0) is 49.6 Å². The van der Waals surface area contributed by atoms with Crippen molar-refractivity contribution in [2.45, 2.75) is 19.8 Å². The second-order valence-electron chi connectivity index (χ2n) is 7.26. The molecule has 154 valence electrons. The first kappa shape index (κ1) is 20.2. The van der Waals surface area contributed by atoms with E-state index in [-0.39, 0.29) is 11.8 Å². The van der Waals surface area contributed by atoms with Crippen LogP contribution in [-0.2, 0) is 4.79 Å². The number of para-hydroxylation sites is 1. The molecule has 2 aromatic carbocycles. The molecule has 1 N–H and O–H groups in total. The highest BCUT2D eigenvalue weighted by molar-refractivity contribution is 6.31. The van der Waals surface area contributed by atoms with Crippen LogP contribution in [-0.4, -0.2) is 29.0 Å². The number of benzene rings is 2. The van der Waals surface area contributed by atoms with Crippen molar-refractivity contribution in [2.75, 3.05) is 23.3 Å². The molecular weight excluding hydrogens is 400 g/mol. The second-order valence-corrected chi connectivity index (χ2v) is 7.67. The molecule has 1 fully saturated rings. The van der Waals surface area contributed by atoms with Gasteiger partial charge in [-0.15, -0.1) is 0 Å². The molecule has 0 saturated carbocycles. The summed E-state index contributed by atoms with van der Waals surface area (Å²) in [5.41, 5.74) is 1.65. The molecule has 1 saturated heterocycles. The zero-order valence-electron chi connectivity index (χ0n) is 16.7. The van der Waals surface area contributed by atoms with E-state index in [2.05, 4.69) is 20.2 Å². The smallest absolute Gasteiger partial charge is 0.263 e. The lowest BCUT2D eigenvalue weighted by Gasteiger charge is -2.32. The van der Waals surface area contributed by atoms with Crippen LogP contribution in [0.25, 0.3) is 0 Å². The summed E-state index contributed by atoms with van der Waals surface area (Å²) >= 11 is 6.16. The minimum absolute atomic E-state index is 0.0277. The average Bonchev–Trinajstić information content (AvgIpc) is 2.78. The summed E-state index contributed by atoms with van der Waals surface area (Å²) in [5, 5.41) is 3.67. The van der Waals surface area contributed by atoms with Crippen LogP contribution in [0.2, 0.25) is 5.02 Å². The van der Waals surface area contributed by atoms with Crippen molar-refractivity contribution in [3.05, 3.63) is 71.5 Å². The second kappa shape index (κ2) is 9.13.